The lowest BCUT2D eigenvalue weighted by atomic mass is 9.86. The maximum absolute atomic E-state index is 7.80. The lowest BCUT2D eigenvalue weighted by Gasteiger charge is -2.32. The van der Waals surface area contributed by atoms with Crippen molar-refractivity contribution in [2.75, 3.05) is 9.80 Å². The number of para-hydroxylation sites is 1. The van der Waals surface area contributed by atoms with Gasteiger partial charge in [-0.05, 0) is 118 Å². The molecule has 0 saturated heterocycles. The molecule has 1 aliphatic rings. The van der Waals surface area contributed by atoms with E-state index in [4.69, 9.17) is 16.0 Å². The topological polar surface area (TPSA) is 19.6 Å². The summed E-state index contributed by atoms with van der Waals surface area (Å²) in [6.07, 6.45) is 3.33. The van der Waals surface area contributed by atoms with E-state index >= 15 is 0 Å². The normalized spacial score (nSPS) is 13.4. The molecular formula is C51H53ClN2O. The average Bonchev–Trinajstić information content (AvgIpc) is 3.78. The Hall–Kier alpha value is -4.99. The average molecular weight is 745 g/mol. The largest absolute Gasteiger partial charge is 0.454 e. The molecule has 55 heavy (non-hydrogen) atoms. The SMILES string of the molecule is CC(C)(C)c1ccc(N(c2ccc(C(C)(C)C)cc2)c2cccc(N(c3ccc(C(C)(C)C)cc3)c3cccc4c3oc3c5c(ccc34)CCC5)c2Cl)cc1. The number of halogens is 1. The van der Waals surface area contributed by atoms with Gasteiger partial charge in [0, 0.05) is 27.8 Å². The molecule has 7 aromatic rings. The zero-order valence-electron chi connectivity index (χ0n) is 33.8. The Balaban J connectivity index is 1.35. The summed E-state index contributed by atoms with van der Waals surface area (Å²) in [6.45, 7) is 20.3. The van der Waals surface area contributed by atoms with E-state index in [-0.39, 0.29) is 16.2 Å². The van der Waals surface area contributed by atoms with E-state index < -0.39 is 0 Å². The smallest absolute Gasteiger partial charge is 0.159 e. The van der Waals surface area contributed by atoms with Crippen LogP contribution in [0, 0.1) is 0 Å². The minimum absolute atomic E-state index is 0.0195. The minimum atomic E-state index is 0.0195. The predicted molar refractivity (Wildman–Crippen MR) is 236 cm³/mol. The molecule has 0 bridgehead atoms. The van der Waals surface area contributed by atoms with Gasteiger partial charge in [0.25, 0.3) is 0 Å². The summed E-state index contributed by atoms with van der Waals surface area (Å²) >= 11 is 7.80. The fourth-order valence-corrected chi connectivity index (χ4v) is 8.40. The lowest BCUT2D eigenvalue weighted by Crippen LogP contribution is -2.16. The molecule has 0 aliphatic heterocycles. The van der Waals surface area contributed by atoms with Gasteiger partial charge in [0.2, 0.25) is 0 Å². The molecule has 8 rings (SSSR count). The molecule has 0 radical (unpaired) electrons. The molecule has 0 unspecified atom stereocenters. The van der Waals surface area contributed by atoms with E-state index in [1.54, 1.807) is 0 Å². The van der Waals surface area contributed by atoms with Gasteiger partial charge in [0.15, 0.2) is 5.58 Å². The van der Waals surface area contributed by atoms with Crippen molar-refractivity contribution in [2.24, 2.45) is 0 Å². The third-order valence-corrected chi connectivity index (χ3v) is 11.8. The van der Waals surface area contributed by atoms with E-state index in [2.05, 4.69) is 193 Å². The van der Waals surface area contributed by atoms with Crippen LogP contribution in [0.2, 0.25) is 5.02 Å². The Bertz CT molecular complexity index is 2450. The molecule has 4 heteroatoms. The number of anilines is 6. The van der Waals surface area contributed by atoms with Gasteiger partial charge >= 0.3 is 0 Å². The standard InChI is InChI=1S/C51H53ClN2O/c1-49(2,3)34-20-26-37(27-21-34)53(38-28-22-35(23-29-38)50(4,5)6)43-16-12-17-44(46(43)52)54(39-30-24-36(25-31-39)51(7,8)9)45-18-11-15-41-42-32-19-33-13-10-14-40(33)47(42)55-48(41)45/h11-12,15-32H,10,13-14H2,1-9H3. The van der Waals surface area contributed by atoms with Crippen LogP contribution in [-0.2, 0) is 29.1 Å². The molecule has 0 spiro atoms. The van der Waals surface area contributed by atoms with Crippen LogP contribution >= 0.6 is 11.6 Å². The molecule has 6 aromatic carbocycles. The van der Waals surface area contributed by atoms with Crippen molar-refractivity contribution in [1.82, 2.24) is 0 Å². The molecule has 1 heterocycles. The zero-order valence-corrected chi connectivity index (χ0v) is 34.6. The van der Waals surface area contributed by atoms with Gasteiger partial charge in [-0.2, -0.15) is 0 Å². The molecular weight excluding hydrogens is 692 g/mol. The fraction of sp³-hybridized carbons (Fsp3) is 0.294. The first kappa shape index (κ1) is 37.0. The van der Waals surface area contributed by atoms with E-state index in [0.717, 1.165) is 63.5 Å². The second-order valence-corrected chi connectivity index (χ2v) is 18.7. The zero-order chi connectivity index (χ0) is 38.9. The highest BCUT2D eigenvalue weighted by atomic mass is 35.5. The number of aryl methyl sites for hydroxylation is 2. The van der Waals surface area contributed by atoms with Gasteiger partial charge in [-0.15, -0.1) is 0 Å². The number of nitrogens with zero attached hydrogens (tertiary/aromatic N) is 2. The number of furan rings is 1. The van der Waals surface area contributed by atoms with Crippen LogP contribution in [0.5, 0.6) is 0 Å². The van der Waals surface area contributed by atoms with Crippen LogP contribution in [0.15, 0.2) is 126 Å². The first-order chi connectivity index (χ1) is 26.1. The predicted octanol–water partition coefficient (Wildman–Crippen LogP) is 15.6. The van der Waals surface area contributed by atoms with Crippen molar-refractivity contribution < 1.29 is 4.42 Å². The van der Waals surface area contributed by atoms with Crippen molar-refractivity contribution >= 4 is 67.7 Å². The Labute approximate surface area is 332 Å². The summed E-state index contributed by atoms with van der Waals surface area (Å²) in [7, 11) is 0. The second-order valence-electron chi connectivity index (χ2n) is 18.4. The monoisotopic (exact) mass is 744 g/mol. The highest BCUT2D eigenvalue weighted by molar-refractivity contribution is 6.37. The van der Waals surface area contributed by atoms with Crippen molar-refractivity contribution in [1.29, 1.82) is 0 Å². The Morgan fingerprint density at radius 3 is 1.40 bits per heavy atom. The van der Waals surface area contributed by atoms with Crippen LogP contribution in [0.25, 0.3) is 21.9 Å². The molecule has 0 saturated carbocycles. The van der Waals surface area contributed by atoms with Crippen LogP contribution < -0.4 is 9.80 Å². The number of hydrogen-bond donors (Lipinski definition) is 0. The van der Waals surface area contributed by atoms with E-state index in [1.807, 2.05) is 0 Å². The molecule has 0 N–H and O–H groups in total. The molecule has 0 amide bonds. The van der Waals surface area contributed by atoms with Crippen LogP contribution in [0.3, 0.4) is 0 Å². The maximum atomic E-state index is 7.80. The van der Waals surface area contributed by atoms with Crippen LogP contribution in [0.4, 0.5) is 34.1 Å². The third-order valence-electron chi connectivity index (χ3n) is 11.4. The van der Waals surface area contributed by atoms with Crippen LogP contribution in [-0.4, -0.2) is 0 Å². The number of benzene rings is 6. The molecule has 3 nitrogen and oxygen atoms in total. The summed E-state index contributed by atoms with van der Waals surface area (Å²) < 4.78 is 6.97. The highest BCUT2D eigenvalue weighted by Crippen LogP contribution is 2.50. The van der Waals surface area contributed by atoms with Gasteiger partial charge in [0.1, 0.15) is 5.58 Å². The molecule has 280 valence electrons. The first-order valence-corrected chi connectivity index (χ1v) is 20.1. The van der Waals surface area contributed by atoms with E-state index in [9.17, 15) is 0 Å². The van der Waals surface area contributed by atoms with Crippen LogP contribution in [0.1, 0.15) is 96.6 Å². The fourth-order valence-electron chi connectivity index (χ4n) is 8.10. The van der Waals surface area contributed by atoms with Gasteiger partial charge in [-0.25, -0.2) is 0 Å². The first-order valence-electron chi connectivity index (χ1n) is 19.8. The van der Waals surface area contributed by atoms with Gasteiger partial charge in [-0.3, -0.25) is 0 Å². The van der Waals surface area contributed by atoms with E-state index in [1.165, 1.54) is 39.6 Å². The van der Waals surface area contributed by atoms with Crippen molar-refractivity contribution in [3.8, 4) is 0 Å². The highest BCUT2D eigenvalue weighted by Gasteiger charge is 2.27. The summed E-state index contributed by atoms with van der Waals surface area (Å²) in [4.78, 5) is 4.57. The number of rotatable bonds is 6. The molecule has 0 atom stereocenters. The molecule has 0 fully saturated rings. The van der Waals surface area contributed by atoms with Gasteiger partial charge in [-0.1, -0.05) is 141 Å². The Kier molecular flexibility index (Phi) is 9.16. The number of hydrogen-bond acceptors (Lipinski definition) is 3. The third kappa shape index (κ3) is 6.82. The lowest BCUT2D eigenvalue weighted by molar-refractivity contribution is 0.590. The van der Waals surface area contributed by atoms with Gasteiger partial charge < -0.3 is 14.2 Å². The summed E-state index contributed by atoms with van der Waals surface area (Å²) in [6, 6.07) is 44.2. The van der Waals surface area contributed by atoms with Crippen molar-refractivity contribution in [3.05, 3.63) is 154 Å². The van der Waals surface area contributed by atoms with Crippen molar-refractivity contribution in [2.45, 2.75) is 97.8 Å². The summed E-state index contributed by atoms with van der Waals surface area (Å²) in [5, 5.41) is 2.94. The summed E-state index contributed by atoms with van der Waals surface area (Å²) in [5.41, 5.74) is 14.4. The molecule has 1 aromatic heterocycles. The molecule has 1 aliphatic carbocycles. The summed E-state index contributed by atoms with van der Waals surface area (Å²) in [5.74, 6) is 0. The Morgan fingerprint density at radius 2 is 0.891 bits per heavy atom. The van der Waals surface area contributed by atoms with Crippen molar-refractivity contribution in [3.63, 3.8) is 0 Å². The number of fused-ring (bicyclic) bond motifs is 5. The Morgan fingerprint density at radius 1 is 0.455 bits per heavy atom. The van der Waals surface area contributed by atoms with E-state index in [0.29, 0.717) is 5.02 Å². The van der Waals surface area contributed by atoms with Gasteiger partial charge in [0.05, 0.1) is 22.1 Å². The second kappa shape index (κ2) is 13.6. The minimum Gasteiger partial charge on any atom is -0.454 e. The quantitative estimate of drug-likeness (QED) is 0.169. The maximum Gasteiger partial charge on any atom is 0.159 e.